The zero-order valence-electron chi connectivity index (χ0n) is 19.9. The van der Waals surface area contributed by atoms with Crippen LogP contribution in [0.15, 0.2) is 24.3 Å². The lowest BCUT2D eigenvalue weighted by atomic mass is 10.0. The molecule has 1 aromatic rings. The molecule has 182 valence electrons. The van der Waals surface area contributed by atoms with Gasteiger partial charge in [0.1, 0.15) is 6.61 Å². The Morgan fingerprint density at radius 2 is 1.19 bits per heavy atom. The number of para-hydroxylation sites is 1. The van der Waals surface area contributed by atoms with E-state index in [1.807, 2.05) is 0 Å². The first-order valence-electron chi connectivity index (χ1n) is 12.7. The number of nitrogens with zero attached hydrogens (tertiary/aromatic N) is 1. The van der Waals surface area contributed by atoms with Crippen molar-refractivity contribution in [2.75, 3.05) is 6.54 Å². The highest BCUT2D eigenvalue weighted by atomic mass is 16.6. The minimum absolute atomic E-state index is 0.00523. The van der Waals surface area contributed by atoms with Gasteiger partial charge in [0.2, 0.25) is 0 Å². The van der Waals surface area contributed by atoms with E-state index < -0.39 is 4.92 Å². The maximum Gasteiger partial charge on any atom is 0.306 e. The van der Waals surface area contributed by atoms with Crippen LogP contribution in [0.3, 0.4) is 0 Å². The number of ether oxygens (including phenoxy) is 1. The number of carbonyl (C=O) groups excluding carboxylic acids is 1. The maximum absolute atomic E-state index is 11.9. The van der Waals surface area contributed by atoms with E-state index in [9.17, 15) is 14.9 Å². The standard InChI is InChI=1S/C26H44N2O4/c27-22-18-14-12-10-8-6-4-2-1-3-5-7-9-11-13-15-21-26(29)32-23-24-19-16-17-20-25(24)28(30)31/h16-17,19-20H,1-15,18,21-23,27H2. The molecule has 0 aliphatic heterocycles. The molecular weight excluding hydrogens is 404 g/mol. The number of carbonyl (C=O) groups is 1. The number of nitro groups is 1. The van der Waals surface area contributed by atoms with Gasteiger partial charge in [0.05, 0.1) is 10.5 Å². The molecule has 0 bridgehead atoms. The summed E-state index contributed by atoms with van der Waals surface area (Å²) in [7, 11) is 0. The summed E-state index contributed by atoms with van der Waals surface area (Å²) >= 11 is 0. The van der Waals surface area contributed by atoms with E-state index in [4.69, 9.17) is 10.5 Å². The van der Waals surface area contributed by atoms with Crippen LogP contribution in [0.1, 0.15) is 115 Å². The van der Waals surface area contributed by atoms with Crippen LogP contribution >= 0.6 is 0 Å². The summed E-state index contributed by atoms with van der Waals surface area (Å²) in [6, 6.07) is 6.37. The predicted molar refractivity (Wildman–Crippen MR) is 130 cm³/mol. The molecule has 0 saturated carbocycles. The van der Waals surface area contributed by atoms with Crippen LogP contribution in [-0.4, -0.2) is 17.4 Å². The Morgan fingerprint density at radius 3 is 1.66 bits per heavy atom. The van der Waals surface area contributed by atoms with Crippen LogP contribution in [0.5, 0.6) is 0 Å². The smallest absolute Gasteiger partial charge is 0.306 e. The summed E-state index contributed by atoms with van der Waals surface area (Å²) in [5.74, 6) is -0.279. The van der Waals surface area contributed by atoms with Gasteiger partial charge in [-0.25, -0.2) is 0 Å². The Kier molecular flexibility index (Phi) is 17.3. The van der Waals surface area contributed by atoms with Gasteiger partial charge in [0, 0.05) is 12.5 Å². The third kappa shape index (κ3) is 15.0. The van der Waals surface area contributed by atoms with Crippen LogP contribution in [-0.2, 0) is 16.1 Å². The molecule has 32 heavy (non-hydrogen) atoms. The molecule has 2 N–H and O–H groups in total. The lowest BCUT2D eigenvalue weighted by Crippen LogP contribution is -2.06. The Labute approximate surface area is 194 Å². The number of benzene rings is 1. The first-order valence-corrected chi connectivity index (χ1v) is 12.7. The summed E-state index contributed by atoms with van der Waals surface area (Å²) in [6.07, 6.45) is 20.6. The van der Waals surface area contributed by atoms with Crippen LogP contribution in [0, 0.1) is 10.1 Å². The van der Waals surface area contributed by atoms with Crippen molar-refractivity contribution in [3.63, 3.8) is 0 Å². The number of unbranched alkanes of at least 4 members (excludes halogenated alkanes) is 15. The van der Waals surface area contributed by atoms with Crippen molar-refractivity contribution < 1.29 is 14.5 Å². The molecule has 0 aliphatic carbocycles. The van der Waals surface area contributed by atoms with Gasteiger partial charge in [-0.15, -0.1) is 0 Å². The van der Waals surface area contributed by atoms with Crippen LogP contribution in [0.25, 0.3) is 0 Å². The third-order valence-electron chi connectivity index (χ3n) is 5.91. The van der Waals surface area contributed by atoms with E-state index in [0.717, 1.165) is 25.8 Å². The van der Waals surface area contributed by atoms with E-state index in [0.29, 0.717) is 12.0 Å². The fourth-order valence-electron chi connectivity index (χ4n) is 3.93. The van der Waals surface area contributed by atoms with Gasteiger partial charge in [-0.1, -0.05) is 102 Å². The molecule has 6 nitrogen and oxygen atoms in total. The summed E-state index contributed by atoms with van der Waals surface area (Å²) in [5.41, 5.74) is 5.93. The second-order valence-electron chi connectivity index (χ2n) is 8.74. The van der Waals surface area contributed by atoms with Gasteiger partial charge < -0.3 is 10.5 Å². The largest absolute Gasteiger partial charge is 0.461 e. The van der Waals surface area contributed by atoms with Crippen LogP contribution < -0.4 is 5.73 Å². The molecule has 0 fully saturated rings. The third-order valence-corrected chi connectivity index (χ3v) is 5.91. The average molecular weight is 449 g/mol. The molecule has 1 rings (SSSR count). The van der Waals surface area contributed by atoms with Crippen molar-refractivity contribution in [1.29, 1.82) is 0 Å². The number of nitrogens with two attached hydrogens (primary N) is 1. The monoisotopic (exact) mass is 448 g/mol. The molecule has 1 aromatic carbocycles. The Bertz CT molecular complexity index is 622. The van der Waals surface area contributed by atoms with Crippen molar-refractivity contribution in [3.05, 3.63) is 39.9 Å². The van der Waals surface area contributed by atoms with Crippen LogP contribution in [0.2, 0.25) is 0 Å². The molecule has 0 amide bonds. The van der Waals surface area contributed by atoms with Gasteiger partial charge in [-0.3, -0.25) is 14.9 Å². The highest BCUT2D eigenvalue weighted by Gasteiger charge is 2.13. The summed E-state index contributed by atoms with van der Waals surface area (Å²) in [4.78, 5) is 22.4. The van der Waals surface area contributed by atoms with E-state index in [1.54, 1.807) is 18.2 Å². The van der Waals surface area contributed by atoms with Gasteiger partial charge in [-0.2, -0.15) is 0 Å². The van der Waals surface area contributed by atoms with Gasteiger partial charge in [0.15, 0.2) is 0 Å². The van der Waals surface area contributed by atoms with Gasteiger partial charge >= 0.3 is 5.97 Å². The summed E-state index contributed by atoms with van der Waals surface area (Å²) in [6.45, 7) is 0.796. The molecule has 0 heterocycles. The van der Waals surface area contributed by atoms with E-state index >= 15 is 0 Å². The number of hydrogen-bond donors (Lipinski definition) is 1. The van der Waals surface area contributed by atoms with Crippen molar-refractivity contribution in [2.45, 2.75) is 116 Å². The first kappa shape index (κ1) is 28.1. The van der Waals surface area contributed by atoms with Crippen molar-refractivity contribution >= 4 is 11.7 Å². The Balaban J connectivity index is 1.86. The normalized spacial score (nSPS) is 10.9. The lowest BCUT2D eigenvalue weighted by Gasteiger charge is -2.06. The number of hydrogen-bond acceptors (Lipinski definition) is 5. The molecule has 0 radical (unpaired) electrons. The van der Waals surface area contributed by atoms with E-state index in [-0.39, 0.29) is 18.3 Å². The second kappa shape index (κ2) is 19.7. The first-order chi connectivity index (χ1) is 15.6. The highest BCUT2D eigenvalue weighted by Crippen LogP contribution is 2.19. The molecule has 0 saturated heterocycles. The molecule has 6 heteroatoms. The van der Waals surface area contributed by atoms with Gasteiger partial charge in [-0.05, 0) is 25.5 Å². The average Bonchev–Trinajstić information content (AvgIpc) is 2.79. The minimum atomic E-state index is -0.448. The maximum atomic E-state index is 11.9. The molecule has 0 spiro atoms. The lowest BCUT2D eigenvalue weighted by molar-refractivity contribution is -0.385. The molecule has 0 unspecified atom stereocenters. The minimum Gasteiger partial charge on any atom is -0.461 e. The van der Waals surface area contributed by atoms with Crippen molar-refractivity contribution in [1.82, 2.24) is 0 Å². The molecule has 0 aliphatic rings. The predicted octanol–water partition coefficient (Wildman–Crippen LogP) is 7.23. The molecule has 0 aromatic heterocycles. The Morgan fingerprint density at radius 1 is 0.750 bits per heavy atom. The number of rotatable bonds is 21. The zero-order valence-corrected chi connectivity index (χ0v) is 19.9. The Hall–Kier alpha value is -1.95. The highest BCUT2D eigenvalue weighted by molar-refractivity contribution is 5.69. The fourth-order valence-corrected chi connectivity index (χ4v) is 3.93. The van der Waals surface area contributed by atoms with E-state index in [2.05, 4.69) is 0 Å². The SMILES string of the molecule is NCCCCCCCCCCCCCCCCCCC(=O)OCc1ccccc1[N+](=O)[O-]. The van der Waals surface area contributed by atoms with Crippen molar-refractivity contribution in [3.8, 4) is 0 Å². The van der Waals surface area contributed by atoms with Gasteiger partial charge in [0.25, 0.3) is 5.69 Å². The van der Waals surface area contributed by atoms with E-state index in [1.165, 1.54) is 89.5 Å². The fraction of sp³-hybridized carbons (Fsp3) is 0.731. The zero-order chi connectivity index (χ0) is 23.3. The number of nitro benzene ring substituents is 1. The topological polar surface area (TPSA) is 95.5 Å². The molecular formula is C26H44N2O4. The molecule has 0 atom stereocenters. The van der Waals surface area contributed by atoms with Crippen LogP contribution in [0.4, 0.5) is 5.69 Å². The number of esters is 1. The summed E-state index contributed by atoms with van der Waals surface area (Å²) in [5, 5.41) is 11.0. The van der Waals surface area contributed by atoms with Crippen molar-refractivity contribution in [2.24, 2.45) is 5.73 Å². The summed E-state index contributed by atoms with van der Waals surface area (Å²) < 4.78 is 5.20. The quantitative estimate of drug-likeness (QED) is 0.0926. The second-order valence-corrected chi connectivity index (χ2v) is 8.74.